The normalized spacial score (nSPS) is 14.7. The third-order valence-electron chi connectivity index (χ3n) is 4.24. The molecule has 0 aliphatic carbocycles. The highest BCUT2D eigenvalue weighted by molar-refractivity contribution is 5.25. The number of nitrogens with zero attached hydrogens (tertiary/aromatic N) is 7. The lowest BCUT2D eigenvalue weighted by Gasteiger charge is -2.19. The fourth-order valence-corrected chi connectivity index (χ4v) is 3.03. The predicted octanol–water partition coefficient (Wildman–Crippen LogP) is 1.48. The van der Waals surface area contributed by atoms with Gasteiger partial charge < -0.3 is 5.32 Å². The van der Waals surface area contributed by atoms with Crippen molar-refractivity contribution in [3.63, 3.8) is 0 Å². The van der Waals surface area contributed by atoms with Crippen LogP contribution in [0.3, 0.4) is 0 Å². The number of anilines is 1. The molecule has 3 aromatic heterocycles. The van der Waals surface area contributed by atoms with Gasteiger partial charge in [0.15, 0.2) is 0 Å². The van der Waals surface area contributed by atoms with Crippen LogP contribution in [-0.2, 0) is 26.2 Å². The maximum atomic E-state index is 4.35. The minimum Gasteiger partial charge on any atom is -0.348 e. The van der Waals surface area contributed by atoms with Crippen molar-refractivity contribution >= 4 is 5.95 Å². The Morgan fingerprint density at radius 1 is 1.08 bits per heavy atom. The van der Waals surface area contributed by atoms with Crippen molar-refractivity contribution in [3.05, 3.63) is 59.9 Å². The van der Waals surface area contributed by atoms with E-state index in [0.29, 0.717) is 12.5 Å². The van der Waals surface area contributed by atoms with E-state index in [1.165, 1.54) is 5.56 Å². The zero-order valence-electron chi connectivity index (χ0n) is 13.9. The van der Waals surface area contributed by atoms with Crippen LogP contribution in [0.5, 0.6) is 0 Å². The molecule has 1 N–H and O–H groups in total. The van der Waals surface area contributed by atoms with Crippen LogP contribution in [0.1, 0.15) is 23.4 Å². The standard InChI is InChI=1S/C17H20N8/c1-4-14(10-18-5-1)12-24-8-3-9-25-16(13-24)15(22-23-25)11-21-17-19-6-2-7-20-17/h1-2,4-7,10H,3,8-9,11-13H2,(H,19,20,21). The first-order valence-corrected chi connectivity index (χ1v) is 8.42. The van der Waals surface area contributed by atoms with E-state index in [-0.39, 0.29) is 0 Å². The van der Waals surface area contributed by atoms with Gasteiger partial charge in [-0.25, -0.2) is 14.6 Å². The molecule has 3 aromatic rings. The fraction of sp³-hybridized carbons (Fsp3) is 0.353. The summed E-state index contributed by atoms with van der Waals surface area (Å²) in [5, 5.41) is 11.9. The largest absolute Gasteiger partial charge is 0.348 e. The van der Waals surface area contributed by atoms with Crippen molar-refractivity contribution in [1.29, 1.82) is 0 Å². The number of hydrogen-bond donors (Lipinski definition) is 1. The van der Waals surface area contributed by atoms with Gasteiger partial charge in [-0.1, -0.05) is 11.3 Å². The molecule has 0 spiro atoms. The molecule has 0 unspecified atom stereocenters. The molecular weight excluding hydrogens is 316 g/mol. The smallest absolute Gasteiger partial charge is 0.222 e. The van der Waals surface area contributed by atoms with Crippen molar-refractivity contribution in [3.8, 4) is 0 Å². The Balaban J connectivity index is 1.47. The maximum absolute atomic E-state index is 4.35. The van der Waals surface area contributed by atoms with Crippen LogP contribution in [0.25, 0.3) is 0 Å². The Labute approximate surface area is 145 Å². The Bertz CT molecular complexity index is 802. The molecule has 0 saturated carbocycles. The molecular formula is C17H20N8. The molecule has 25 heavy (non-hydrogen) atoms. The summed E-state index contributed by atoms with van der Waals surface area (Å²) in [5.41, 5.74) is 3.33. The molecule has 0 fully saturated rings. The topological polar surface area (TPSA) is 84.7 Å². The SMILES string of the molecule is c1cnc(NCc2nnn3c2CN(Cc2cccnc2)CCC3)nc1. The zero-order valence-corrected chi connectivity index (χ0v) is 13.9. The van der Waals surface area contributed by atoms with E-state index in [0.717, 1.165) is 44.0 Å². The van der Waals surface area contributed by atoms with Crippen molar-refractivity contribution in [2.45, 2.75) is 32.6 Å². The van der Waals surface area contributed by atoms with Crippen LogP contribution < -0.4 is 5.32 Å². The van der Waals surface area contributed by atoms with Gasteiger partial charge in [-0.3, -0.25) is 9.88 Å². The van der Waals surface area contributed by atoms with Crippen molar-refractivity contribution in [2.24, 2.45) is 0 Å². The Morgan fingerprint density at radius 2 is 2.00 bits per heavy atom. The van der Waals surface area contributed by atoms with E-state index in [1.807, 2.05) is 16.9 Å². The molecule has 0 aromatic carbocycles. The number of pyridine rings is 1. The molecule has 128 valence electrons. The number of rotatable bonds is 5. The summed E-state index contributed by atoms with van der Waals surface area (Å²) in [5.74, 6) is 0.602. The first-order valence-electron chi connectivity index (χ1n) is 8.42. The average molecular weight is 336 g/mol. The summed E-state index contributed by atoms with van der Waals surface area (Å²) in [6.07, 6.45) is 8.23. The summed E-state index contributed by atoms with van der Waals surface area (Å²) < 4.78 is 2.02. The lowest BCUT2D eigenvalue weighted by atomic mass is 10.2. The Morgan fingerprint density at radius 3 is 2.84 bits per heavy atom. The van der Waals surface area contributed by atoms with E-state index < -0.39 is 0 Å². The van der Waals surface area contributed by atoms with Gasteiger partial charge in [0.25, 0.3) is 0 Å². The van der Waals surface area contributed by atoms with Crippen LogP contribution in [0.15, 0.2) is 43.0 Å². The van der Waals surface area contributed by atoms with Gasteiger partial charge in [-0.05, 0) is 24.1 Å². The first-order chi connectivity index (χ1) is 12.4. The molecule has 1 aliphatic rings. The molecule has 1 aliphatic heterocycles. The second kappa shape index (κ2) is 7.35. The summed E-state index contributed by atoms with van der Waals surface area (Å²) >= 11 is 0. The highest BCUT2D eigenvalue weighted by Gasteiger charge is 2.20. The average Bonchev–Trinajstić information content (AvgIpc) is 2.92. The minimum absolute atomic E-state index is 0.570. The number of aryl methyl sites for hydroxylation is 1. The molecule has 8 heteroatoms. The predicted molar refractivity (Wildman–Crippen MR) is 92.3 cm³/mol. The van der Waals surface area contributed by atoms with E-state index in [4.69, 9.17) is 0 Å². The molecule has 4 heterocycles. The summed E-state index contributed by atoms with van der Waals surface area (Å²) in [7, 11) is 0. The van der Waals surface area contributed by atoms with Crippen LogP contribution in [0, 0.1) is 0 Å². The van der Waals surface area contributed by atoms with Crippen LogP contribution >= 0.6 is 0 Å². The van der Waals surface area contributed by atoms with Gasteiger partial charge in [-0.15, -0.1) is 5.10 Å². The number of nitrogens with one attached hydrogen (secondary N) is 1. The van der Waals surface area contributed by atoms with E-state index in [2.05, 4.69) is 41.5 Å². The molecule has 0 radical (unpaired) electrons. The molecule has 0 amide bonds. The van der Waals surface area contributed by atoms with Crippen LogP contribution in [-0.4, -0.2) is 41.4 Å². The molecule has 0 saturated heterocycles. The quantitative estimate of drug-likeness (QED) is 0.755. The Hall–Kier alpha value is -2.87. The van der Waals surface area contributed by atoms with Crippen molar-refractivity contribution < 1.29 is 0 Å². The second-order valence-corrected chi connectivity index (χ2v) is 6.06. The van der Waals surface area contributed by atoms with Crippen molar-refractivity contribution in [2.75, 3.05) is 11.9 Å². The van der Waals surface area contributed by atoms with E-state index in [1.54, 1.807) is 24.7 Å². The molecule has 0 bridgehead atoms. The monoisotopic (exact) mass is 336 g/mol. The lowest BCUT2D eigenvalue weighted by molar-refractivity contribution is 0.260. The molecule has 0 atom stereocenters. The van der Waals surface area contributed by atoms with Gasteiger partial charge in [0, 0.05) is 51.0 Å². The summed E-state index contributed by atoms with van der Waals surface area (Å²) in [6, 6.07) is 5.89. The third-order valence-corrected chi connectivity index (χ3v) is 4.24. The van der Waals surface area contributed by atoms with Gasteiger partial charge in [0.2, 0.25) is 5.95 Å². The number of aromatic nitrogens is 6. The van der Waals surface area contributed by atoms with E-state index >= 15 is 0 Å². The zero-order chi connectivity index (χ0) is 16.9. The number of fused-ring (bicyclic) bond motifs is 1. The van der Waals surface area contributed by atoms with E-state index in [9.17, 15) is 0 Å². The Kier molecular flexibility index (Phi) is 4.60. The lowest BCUT2D eigenvalue weighted by Crippen LogP contribution is -2.23. The molecule has 4 rings (SSSR count). The number of hydrogen-bond acceptors (Lipinski definition) is 7. The maximum Gasteiger partial charge on any atom is 0.222 e. The summed E-state index contributed by atoms with van der Waals surface area (Å²) in [6.45, 7) is 4.21. The third kappa shape index (κ3) is 3.80. The second-order valence-electron chi connectivity index (χ2n) is 6.06. The minimum atomic E-state index is 0.570. The van der Waals surface area contributed by atoms with Crippen LogP contribution in [0.4, 0.5) is 5.95 Å². The van der Waals surface area contributed by atoms with Gasteiger partial charge in [0.05, 0.1) is 12.2 Å². The van der Waals surface area contributed by atoms with Crippen molar-refractivity contribution in [1.82, 2.24) is 34.8 Å². The first kappa shape index (κ1) is 15.6. The highest BCUT2D eigenvalue weighted by atomic mass is 15.4. The highest BCUT2D eigenvalue weighted by Crippen LogP contribution is 2.17. The molecule has 8 nitrogen and oxygen atoms in total. The fourth-order valence-electron chi connectivity index (χ4n) is 3.03. The van der Waals surface area contributed by atoms with Gasteiger partial charge in [-0.2, -0.15) is 0 Å². The van der Waals surface area contributed by atoms with Gasteiger partial charge in [0.1, 0.15) is 5.69 Å². The van der Waals surface area contributed by atoms with Gasteiger partial charge >= 0.3 is 0 Å². The summed E-state index contributed by atoms with van der Waals surface area (Å²) in [4.78, 5) is 15.0. The van der Waals surface area contributed by atoms with Crippen LogP contribution in [0.2, 0.25) is 0 Å².